The van der Waals surface area contributed by atoms with Crippen molar-refractivity contribution in [2.45, 2.75) is 26.7 Å². The standard InChI is InChI=1S/C14H18ClNO3/c1-4-10(9-13(17)19-5-2)8-11-6-7-12(15)16-14(11)18-3/h6-7,9H,4-5,8H2,1-3H3/b10-9-. The lowest BCUT2D eigenvalue weighted by atomic mass is 10.0. The molecule has 5 heteroatoms. The maximum atomic E-state index is 11.4. The second-order valence-corrected chi connectivity index (χ2v) is 4.27. The van der Waals surface area contributed by atoms with Crippen LogP contribution < -0.4 is 4.74 Å². The molecule has 0 aliphatic heterocycles. The van der Waals surface area contributed by atoms with Crippen molar-refractivity contribution in [2.75, 3.05) is 13.7 Å². The van der Waals surface area contributed by atoms with Crippen LogP contribution in [0.15, 0.2) is 23.8 Å². The molecule has 1 aromatic heterocycles. The summed E-state index contributed by atoms with van der Waals surface area (Å²) in [5.74, 6) is 0.163. The fourth-order valence-corrected chi connectivity index (χ4v) is 1.77. The summed E-state index contributed by atoms with van der Waals surface area (Å²) in [5.41, 5.74) is 1.85. The van der Waals surface area contributed by atoms with Gasteiger partial charge >= 0.3 is 5.97 Å². The maximum Gasteiger partial charge on any atom is 0.330 e. The van der Waals surface area contributed by atoms with E-state index >= 15 is 0 Å². The highest BCUT2D eigenvalue weighted by Crippen LogP contribution is 2.22. The van der Waals surface area contributed by atoms with E-state index in [0.29, 0.717) is 24.1 Å². The molecule has 1 heterocycles. The first-order valence-electron chi connectivity index (χ1n) is 6.16. The van der Waals surface area contributed by atoms with E-state index in [2.05, 4.69) is 4.98 Å². The molecule has 104 valence electrons. The first-order chi connectivity index (χ1) is 9.10. The summed E-state index contributed by atoms with van der Waals surface area (Å²) in [5, 5.41) is 0.382. The molecule has 0 atom stereocenters. The molecule has 0 unspecified atom stereocenters. The van der Waals surface area contributed by atoms with Gasteiger partial charge in [0.2, 0.25) is 5.88 Å². The topological polar surface area (TPSA) is 48.4 Å². The third-order valence-electron chi connectivity index (χ3n) is 2.58. The monoisotopic (exact) mass is 283 g/mol. The van der Waals surface area contributed by atoms with Gasteiger partial charge in [-0.05, 0) is 25.8 Å². The molecule has 0 bridgehead atoms. The molecule has 0 aromatic carbocycles. The van der Waals surface area contributed by atoms with E-state index in [1.165, 1.54) is 6.08 Å². The van der Waals surface area contributed by atoms with Crippen molar-refractivity contribution >= 4 is 17.6 Å². The van der Waals surface area contributed by atoms with Gasteiger partial charge in [-0.1, -0.05) is 30.2 Å². The molecule has 0 aliphatic rings. The number of aromatic nitrogens is 1. The summed E-state index contributed by atoms with van der Waals surface area (Å²) in [6.07, 6.45) is 2.87. The summed E-state index contributed by atoms with van der Waals surface area (Å²) in [4.78, 5) is 15.5. The third kappa shape index (κ3) is 4.91. The summed E-state index contributed by atoms with van der Waals surface area (Å²) < 4.78 is 10.1. The van der Waals surface area contributed by atoms with Crippen LogP contribution in [0.5, 0.6) is 5.88 Å². The largest absolute Gasteiger partial charge is 0.481 e. The van der Waals surface area contributed by atoms with Crippen molar-refractivity contribution in [3.05, 3.63) is 34.5 Å². The van der Waals surface area contributed by atoms with E-state index < -0.39 is 0 Å². The van der Waals surface area contributed by atoms with E-state index in [1.807, 2.05) is 13.0 Å². The number of hydrogen-bond donors (Lipinski definition) is 0. The Labute approximate surface area is 118 Å². The van der Waals surface area contributed by atoms with Gasteiger partial charge < -0.3 is 9.47 Å². The minimum atomic E-state index is -0.319. The normalized spacial score (nSPS) is 11.3. The molecular formula is C14H18ClNO3. The van der Waals surface area contributed by atoms with Crippen LogP contribution in [0.25, 0.3) is 0 Å². The number of rotatable bonds is 6. The predicted molar refractivity (Wildman–Crippen MR) is 74.5 cm³/mol. The van der Waals surface area contributed by atoms with Gasteiger partial charge in [-0.25, -0.2) is 9.78 Å². The first kappa shape index (κ1) is 15.5. The lowest BCUT2D eigenvalue weighted by Crippen LogP contribution is -2.03. The molecule has 1 aromatic rings. The summed E-state index contributed by atoms with van der Waals surface area (Å²) in [6.45, 7) is 4.14. The number of carbonyl (C=O) groups is 1. The van der Waals surface area contributed by atoms with Gasteiger partial charge in [-0.3, -0.25) is 0 Å². The molecule has 19 heavy (non-hydrogen) atoms. The average molecular weight is 284 g/mol. The first-order valence-corrected chi connectivity index (χ1v) is 6.54. The van der Waals surface area contributed by atoms with Gasteiger partial charge in [0, 0.05) is 11.6 Å². The van der Waals surface area contributed by atoms with Gasteiger partial charge in [0.05, 0.1) is 13.7 Å². The highest BCUT2D eigenvalue weighted by molar-refractivity contribution is 6.29. The van der Waals surface area contributed by atoms with Crippen LogP contribution in [0, 0.1) is 0 Å². The van der Waals surface area contributed by atoms with Gasteiger partial charge in [0.15, 0.2) is 0 Å². The molecular weight excluding hydrogens is 266 g/mol. The Kier molecular flexibility index (Phi) is 6.36. The minimum Gasteiger partial charge on any atom is -0.481 e. The Morgan fingerprint density at radius 2 is 2.16 bits per heavy atom. The fraction of sp³-hybridized carbons (Fsp3) is 0.429. The second-order valence-electron chi connectivity index (χ2n) is 3.89. The predicted octanol–water partition coefficient (Wildman–Crippen LogP) is 3.19. The van der Waals surface area contributed by atoms with E-state index in [0.717, 1.165) is 17.6 Å². The third-order valence-corrected chi connectivity index (χ3v) is 2.79. The number of esters is 1. The number of pyridine rings is 1. The molecule has 0 N–H and O–H groups in total. The van der Waals surface area contributed by atoms with E-state index in [9.17, 15) is 4.79 Å². The molecule has 4 nitrogen and oxygen atoms in total. The summed E-state index contributed by atoms with van der Waals surface area (Å²) in [7, 11) is 1.54. The lowest BCUT2D eigenvalue weighted by molar-refractivity contribution is -0.137. The Morgan fingerprint density at radius 1 is 1.42 bits per heavy atom. The zero-order valence-electron chi connectivity index (χ0n) is 11.4. The molecule has 1 rings (SSSR count). The number of nitrogens with zero attached hydrogens (tertiary/aromatic N) is 1. The van der Waals surface area contributed by atoms with E-state index in [1.54, 1.807) is 20.1 Å². The SMILES string of the molecule is CCOC(=O)/C=C(/CC)Cc1ccc(Cl)nc1OC. The van der Waals surface area contributed by atoms with Crippen LogP contribution in [0.1, 0.15) is 25.8 Å². The van der Waals surface area contributed by atoms with Crippen LogP contribution in [0.2, 0.25) is 5.15 Å². The molecule has 0 saturated heterocycles. The van der Waals surface area contributed by atoms with Crippen molar-refractivity contribution in [2.24, 2.45) is 0 Å². The molecule has 0 fully saturated rings. The van der Waals surface area contributed by atoms with Gasteiger partial charge in [0.1, 0.15) is 5.15 Å². The van der Waals surface area contributed by atoms with Crippen LogP contribution in [-0.4, -0.2) is 24.7 Å². The quantitative estimate of drug-likeness (QED) is 0.457. The van der Waals surface area contributed by atoms with Gasteiger partial charge in [-0.2, -0.15) is 0 Å². The number of ether oxygens (including phenoxy) is 2. The van der Waals surface area contributed by atoms with Gasteiger partial charge in [0.25, 0.3) is 0 Å². The van der Waals surface area contributed by atoms with Crippen LogP contribution in [-0.2, 0) is 16.0 Å². The van der Waals surface area contributed by atoms with Gasteiger partial charge in [-0.15, -0.1) is 0 Å². The summed E-state index contributed by atoms with van der Waals surface area (Å²) >= 11 is 5.81. The van der Waals surface area contributed by atoms with Crippen molar-refractivity contribution < 1.29 is 14.3 Å². The molecule has 0 saturated carbocycles. The van der Waals surface area contributed by atoms with Crippen molar-refractivity contribution in [3.8, 4) is 5.88 Å². The Hall–Kier alpha value is -1.55. The fourth-order valence-electron chi connectivity index (χ4n) is 1.63. The highest BCUT2D eigenvalue weighted by atomic mass is 35.5. The molecule has 0 aliphatic carbocycles. The zero-order chi connectivity index (χ0) is 14.3. The number of halogens is 1. The van der Waals surface area contributed by atoms with E-state index in [4.69, 9.17) is 21.1 Å². The Balaban J connectivity index is 2.89. The minimum absolute atomic E-state index is 0.319. The summed E-state index contributed by atoms with van der Waals surface area (Å²) in [6, 6.07) is 3.56. The smallest absolute Gasteiger partial charge is 0.330 e. The molecule has 0 radical (unpaired) electrons. The second kappa shape index (κ2) is 7.79. The van der Waals surface area contributed by atoms with Crippen LogP contribution in [0.3, 0.4) is 0 Å². The van der Waals surface area contributed by atoms with Crippen molar-refractivity contribution in [1.29, 1.82) is 0 Å². The number of hydrogen-bond acceptors (Lipinski definition) is 4. The van der Waals surface area contributed by atoms with Crippen molar-refractivity contribution in [1.82, 2.24) is 4.98 Å². The molecule has 0 amide bonds. The van der Waals surface area contributed by atoms with Crippen molar-refractivity contribution in [3.63, 3.8) is 0 Å². The average Bonchev–Trinajstić information content (AvgIpc) is 2.40. The van der Waals surface area contributed by atoms with Crippen LogP contribution >= 0.6 is 11.6 Å². The van der Waals surface area contributed by atoms with Crippen LogP contribution in [0.4, 0.5) is 0 Å². The Morgan fingerprint density at radius 3 is 2.74 bits per heavy atom. The zero-order valence-corrected chi connectivity index (χ0v) is 12.2. The highest BCUT2D eigenvalue weighted by Gasteiger charge is 2.09. The molecule has 0 spiro atoms. The maximum absolute atomic E-state index is 11.4. The number of allylic oxidation sites excluding steroid dienone is 1. The number of methoxy groups -OCH3 is 1. The lowest BCUT2D eigenvalue weighted by Gasteiger charge is -2.09. The number of carbonyl (C=O) groups excluding carboxylic acids is 1. The Bertz CT molecular complexity index is 472. The van der Waals surface area contributed by atoms with E-state index in [-0.39, 0.29) is 5.97 Å².